The normalized spacial score (nSPS) is 10.4. The lowest BCUT2D eigenvalue weighted by atomic mass is 10.1. The number of hydrogen-bond donors (Lipinski definition) is 2. The van der Waals surface area contributed by atoms with Gasteiger partial charge in [0.1, 0.15) is 11.5 Å². The number of carbonyl (C=O) groups excluding carboxylic acids is 1. The van der Waals surface area contributed by atoms with E-state index in [2.05, 4.69) is 10.6 Å². The zero-order chi connectivity index (χ0) is 18.7. The molecule has 0 aliphatic rings. The molecule has 0 fully saturated rings. The van der Waals surface area contributed by atoms with E-state index < -0.39 is 6.03 Å². The molecule has 0 saturated carbocycles. The first-order valence-corrected chi connectivity index (χ1v) is 7.92. The number of aromatic nitrogens is 1. The van der Waals surface area contributed by atoms with Gasteiger partial charge in [0.15, 0.2) is 0 Å². The molecule has 7 nitrogen and oxygen atoms in total. The number of nitrogens with zero attached hydrogens (tertiary/aromatic N) is 1. The van der Waals surface area contributed by atoms with Gasteiger partial charge in [0.05, 0.1) is 25.6 Å². The highest BCUT2D eigenvalue weighted by Gasteiger charge is 2.12. The Morgan fingerprint density at radius 3 is 2.35 bits per heavy atom. The van der Waals surface area contributed by atoms with Crippen LogP contribution < -0.4 is 25.7 Å². The Balaban J connectivity index is 1.91. The van der Waals surface area contributed by atoms with Gasteiger partial charge in [-0.25, -0.2) is 4.79 Å². The summed E-state index contributed by atoms with van der Waals surface area (Å²) in [6, 6.07) is 11.8. The first kappa shape index (κ1) is 17.3. The number of urea groups is 1. The molecule has 0 aliphatic heterocycles. The number of fused-ring (bicyclic) bond motifs is 1. The SMILES string of the molecule is COc1ccc(OC)c(NC(=O)Nc2cn(C)c(=O)c3ccccc23)c1. The summed E-state index contributed by atoms with van der Waals surface area (Å²) in [5.41, 5.74) is 0.876. The Bertz CT molecular complexity index is 1030. The van der Waals surface area contributed by atoms with Crippen molar-refractivity contribution in [3.8, 4) is 11.5 Å². The van der Waals surface area contributed by atoms with Crippen LogP contribution in [0.4, 0.5) is 16.2 Å². The van der Waals surface area contributed by atoms with Gasteiger partial charge in [-0.2, -0.15) is 0 Å². The molecule has 2 aromatic carbocycles. The number of hydrogen-bond acceptors (Lipinski definition) is 4. The molecular weight excluding hydrogens is 334 g/mol. The van der Waals surface area contributed by atoms with E-state index in [0.29, 0.717) is 33.6 Å². The zero-order valence-electron chi connectivity index (χ0n) is 14.7. The summed E-state index contributed by atoms with van der Waals surface area (Å²) >= 11 is 0. The smallest absolute Gasteiger partial charge is 0.323 e. The third-order valence-electron chi connectivity index (χ3n) is 3.99. The molecular formula is C19H19N3O4. The van der Waals surface area contributed by atoms with Crippen LogP contribution >= 0.6 is 0 Å². The molecule has 0 radical (unpaired) electrons. The maximum absolute atomic E-state index is 12.5. The molecule has 0 atom stereocenters. The summed E-state index contributed by atoms with van der Waals surface area (Å²) in [5.74, 6) is 1.10. The average molecular weight is 353 g/mol. The molecule has 26 heavy (non-hydrogen) atoms. The second-order valence-corrected chi connectivity index (χ2v) is 5.65. The van der Waals surface area contributed by atoms with Gasteiger partial charge in [0.25, 0.3) is 5.56 Å². The van der Waals surface area contributed by atoms with Gasteiger partial charge in [-0.1, -0.05) is 18.2 Å². The number of rotatable bonds is 4. The Kier molecular flexibility index (Phi) is 4.79. The van der Waals surface area contributed by atoms with Crippen molar-refractivity contribution in [3.05, 3.63) is 59.0 Å². The number of aryl methyl sites for hydroxylation is 1. The van der Waals surface area contributed by atoms with E-state index in [-0.39, 0.29) is 5.56 Å². The molecule has 0 saturated heterocycles. The number of pyridine rings is 1. The van der Waals surface area contributed by atoms with Crippen molar-refractivity contribution in [2.75, 3.05) is 24.9 Å². The third kappa shape index (κ3) is 3.32. The minimum atomic E-state index is -0.458. The monoisotopic (exact) mass is 353 g/mol. The first-order valence-electron chi connectivity index (χ1n) is 7.92. The Morgan fingerprint density at radius 1 is 0.962 bits per heavy atom. The highest BCUT2D eigenvalue weighted by atomic mass is 16.5. The predicted molar refractivity (Wildman–Crippen MR) is 101 cm³/mol. The van der Waals surface area contributed by atoms with Crippen LogP contribution in [0.3, 0.4) is 0 Å². The standard InChI is InChI=1S/C19H19N3O4/c1-22-11-16(13-6-4-5-7-14(13)18(22)23)21-19(24)20-15-10-12(25-2)8-9-17(15)26-3/h4-11H,1-3H3,(H2,20,21,24). The number of benzene rings is 2. The van der Waals surface area contributed by atoms with Gasteiger partial charge >= 0.3 is 6.03 Å². The lowest BCUT2D eigenvalue weighted by Gasteiger charge is -2.14. The van der Waals surface area contributed by atoms with E-state index in [1.54, 1.807) is 56.8 Å². The largest absolute Gasteiger partial charge is 0.497 e. The Morgan fingerprint density at radius 2 is 1.65 bits per heavy atom. The van der Waals surface area contributed by atoms with E-state index in [4.69, 9.17) is 9.47 Å². The van der Waals surface area contributed by atoms with Crippen LogP contribution in [0.2, 0.25) is 0 Å². The van der Waals surface area contributed by atoms with Crippen molar-refractivity contribution in [1.82, 2.24) is 4.57 Å². The lowest BCUT2D eigenvalue weighted by Crippen LogP contribution is -2.23. The molecule has 0 bridgehead atoms. The van der Waals surface area contributed by atoms with Crippen molar-refractivity contribution in [3.63, 3.8) is 0 Å². The number of nitrogens with one attached hydrogen (secondary N) is 2. The first-order chi connectivity index (χ1) is 12.5. The number of carbonyl (C=O) groups is 1. The fourth-order valence-corrected chi connectivity index (χ4v) is 2.70. The maximum Gasteiger partial charge on any atom is 0.323 e. The second-order valence-electron chi connectivity index (χ2n) is 5.65. The summed E-state index contributed by atoms with van der Waals surface area (Å²) in [7, 11) is 4.70. The zero-order valence-corrected chi connectivity index (χ0v) is 14.7. The van der Waals surface area contributed by atoms with Crippen LogP contribution in [-0.2, 0) is 7.05 Å². The molecule has 0 spiro atoms. The lowest BCUT2D eigenvalue weighted by molar-refractivity contribution is 0.262. The van der Waals surface area contributed by atoms with Crippen molar-refractivity contribution < 1.29 is 14.3 Å². The summed E-state index contributed by atoms with van der Waals surface area (Å²) in [5, 5.41) is 6.73. The van der Waals surface area contributed by atoms with Crippen molar-refractivity contribution in [2.24, 2.45) is 7.05 Å². The van der Waals surface area contributed by atoms with Crippen LogP contribution in [0.1, 0.15) is 0 Å². The quantitative estimate of drug-likeness (QED) is 0.755. The van der Waals surface area contributed by atoms with Crippen LogP contribution in [0.25, 0.3) is 10.8 Å². The van der Waals surface area contributed by atoms with Gasteiger partial charge in [0, 0.05) is 30.1 Å². The van der Waals surface area contributed by atoms with E-state index in [0.717, 1.165) is 0 Å². The van der Waals surface area contributed by atoms with E-state index >= 15 is 0 Å². The van der Waals surface area contributed by atoms with Gasteiger partial charge in [-0.05, 0) is 18.2 Å². The van der Waals surface area contributed by atoms with Crippen LogP contribution in [0.15, 0.2) is 53.5 Å². The fraction of sp³-hybridized carbons (Fsp3) is 0.158. The van der Waals surface area contributed by atoms with Gasteiger partial charge in [-0.3, -0.25) is 4.79 Å². The Labute approximate surface area is 150 Å². The van der Waals surface area contributed by atoms with Crippen molar-refractivity contribution >= 4 is 28.2 Å². The van der Waals surface area contributed by atoms with Crippen molar-refractivity contribution in [2.45, 2.75) is 0 Å². The summed E-state index contributed by atoms with van der Waals surface area (Å²) in [4.78, 5) is 24.7. The summed E-state index contributed by atoms with van der Waals surface area (Å²) in [6.07, 6.45) is 1.59. The molecule has 1 aromatic heterocycles. The van der Waals surface area contributed by atoms with Gasteiger partial charge in [-0.15, -0.1) is 0 Å². The molecule has 3 aromatic rings. The third-order valence-corrected chi connectivity index (χ3v) is 3.99. The molecule has 0 unspecified atom stereocenters. The van der Waals surface area contributed by atoms with Gasteiger partial charge < -0.3 is 24.7 Å². The minimum Gasteiger partial charge on any atom is -0.497 e. The van der Waals surface area contributed by atoms with Crippen molar-refractivity contribution in [1.29, 1.82) is 0 Å². The van der Waals surface area contributed by atoms with E-state index in [1.165, 1.54) is 11.7 Å². The van der Waals surface area contributed by atoms with E-state index in [9.17, 15) is 9.59 Å². The van der Waals surface area contributed by atoms with Crippen LogP contribution in [0, 0.1) is 0 Å². The molecule has 2 amide bonds. The fourth-order valence-electron chi connectivity index (χ4n) is 2.70. The Hall–Kier alpha value is -3.48. The van der Waals surface area contributed by atoms with Crippen LogP contribution in [0.5, 0.6) is 11.5 Å². The van der Waals surface area contributed by atoms with Crippen LogP contribution in [-0.4, -0.2) is 24.8 Å². The number of anilines is 2. The molecule has 134 valence electrons. The molecule has 1 heterocycles. The topological polar surface area (TPSA) is 81.6 Å². The highest BCUT2D eigenvalue weighted by molar-refractivity contribution is 6.06. The number of ether oxygens (including phenoxy) is 2. The van der Waals surface area contributed by atoms with Gasteiger partial charge in [0.2, 0.25) is 0 Å². The maximum atomic E-state index is 12.5. The molecule has 7 heteroatoms. The summed E-state index contributed by atoms with van der Waals surface area (Å²) < 4.78 is 11.9. The number of amides is 2. The molecule has 3 rings (SSSR count). The summed E-state index contributed by atoms with van der Waals surface area (Å²) in [6.45, 7) is 0. The number of methoxy groups -OCH3 is 2. The average Bonchev–Trinajstić information content (AvgIpc) is 2.65. The molecule has 2 N–H and O–H groups in total. The second kappa shape index (κ2) is 7.18. The highest BCUT2D eigenvalue weighted by Crippen LogP contribution is 2.29. The predicted octanol–water partition coefficient (Wildman–Crippen LogP) is 3.20. The van der Waals surface area contributed by atoms with E-state index in [1.807, 2.05) is 6.07 Å². The minimum absolute atomic E-state index is 0.124. The molecule has 0 aliphatic carbocycles.